The first-order chi connectivity index (χ1) is 15.6. The van der Waals surface area contributed by atoms with E-state index < -0.39 is 0 Å². The Morgan fingerprint density at radius 2 is 1.66 bits per heavy atom. The summed E-state index contributed by atoms with van der Waals surface area (Å²) in [5.41, 5.74) is 2.61. The summed E-state index contributed by atoms with van der Waals surface area (Å²) < 4.78 is 10.9. The second kappa shape index (κ2) is 10.00. The monoisotopic (exact) mass is 433 g/mol. The Morgan fingerprint density at radius 3 is 2.41 bits per heavy atom. The van der Waals surface area contributed by atoms with Crippen molar-refractivity contribution in [2.75, 3.05) is 55.0 Å². The van der Waals surface area contributed by atoms with Crippen LogP contribution in [0.5, 0.6) is 11.6 Å². The quantitative estimate of drug-likeness (QED) is 0.613. The number of ether oxygens (including phenoxy) is 2. The Balaban J connectivity index is 1.35. The summed E-state index contributed by atoms with van der Waals surface area (Å²) in [6.07, 6.45) is 0. The van der Waals surface area contributed by atoms with Gasteiger partial charge in [0.25, 0.3) is 5.91 Å². The van der Waals surface area contributed by atoms with Gasteiger partial charge >= 0.3 is 0 Å². The van der Waals surface area contributed by atoms with Crippen molar-refractivity contribution in [2.45, 2.75) is 6.92 Å². The first-order valence-electron chi connectivity index (χ1n) is 10.6. The van der Waals surface area contributed by atoms with Crippen molar-refractivity contribution in [3.05, 3.63) is 66.4 Å². The van der Waals surface area contributed by atoms with E-state index in [1.165, 1.54) is 5.69 Å². The molecule has 0 aliphatic carbocycles. The first kappa shape index (κ1) is 21.4. The highest BCUT2D eigenvalue weighted by Gasteiger charge is 2.20. The third kappa shape index (κ3) is 5.26. The number of carbonyl (C=O) groups excluding carboxylic acids is 1. The van der Waals surface area contributed by atoms with Gasteiger partial charge in [-0.05, 0) is 31.2 Å². The lowest BCUT2D eigenvalue weighted by atomic mass is 10.2. The minimum absolute atomic E-state index is 0.157. The second-order valence-corrected chi connectivity index (χ2v) is 7.49. The molecular formula is C24H27N5O3. The van der Waals surface area contributed by atoms with Gasteiger partial charge in [-0.15, -0.1) is 0 Å². The van der Waals surface area contributed by atoms with Crippen LogP contribution in [0.4, 0.5) is 17.3 Å². The van der Waals surface area contributed by atoms with Gasteiger partial charge in [-0.2, -0.15) is 4.98 Å². The number of hydrogen-bond donors (Lipinski definition) is 1. The fourth-order valence-electron chi connectivity index (χ4n) is 3.62. The molecule has 1 saturated heterocycles. The van der Waals surface area contributed by atoms with Gasteiger partial charge in [-0.3, -0.25) is 4.79 Å². The summed E-state index contributed by atoms with van der Waals surface area (Å²) in [5.74, 6) is 1.31. The van der Waals surface area contributed by atoms with Crippen LogP contribution in [0.1, 0.15) is 5.69 Å². The van der Waals surface area contributed by atoms with E-state index in [4.69, 9.17) is 9.47 Å². The van der Waals surface area contributed by atoms with Crippen molar-refractivity contribution in [1.29, 1.82) is 0 Å². The largest absolute Gasteiger partial charge is 0.495 e. The molecule has 8 nitrogen and oxygen atoms in total. The average Bonchev–Trinajstić information content (AvgIpc) is 2.83. The zero-order valence-electron chi connectivity index (χ0n) is 18.3. The van der Waals surface area contributed by atoms with E-state index in [9.17, 15) is 4.79 Å². The molecule has 1 amide bonds. The highest BCUT2D eigenvalue weighted by atomic mass is 16.5. The molecule has 0 bridgehead atoms. The molecule has 0 spiro atoms. The number of para-hydroxylation sites is 3. The molecule has 0 atom stereocenters. The minimum Gasteiger partial charge on any atom is -0.495 e. The topological polar surface area (TPSA) is 79.8 Å². The molecule has 4 rings (SSSR count). The maximum absolute atomic E-state index is 12.3. The number of anilines is 3. The minimum atomic E-state index is -0.288. The Morgan fingerprint density at radius 1 is 0.969 bits per heavy atom. The summed E-state index contributed by atoms with van der Waals surface area (Å²) in [7, 11) is 1.56. The molecule has 2 aromatic carbocycles. The van der Waals surface area contributed by atoms with E-state index in [1.54, 1.807) is 25.3 Å². The number of rotatable bonds is 7. The van der Waals surface area contributed by atoms with Gasteiger partial charge in [-0.1, -0.05) is 30.3 Å². The predicted octanol–water partition coefficient (Wildman–Crippen LogP) is 3.14. The number of methoxy groups -OCH3 is 1. The van der Waals surface area contributed by atoms with Crippen LogP contribution < -0.4 is 24.6 Å². The summed E-state index contributed by atoms with van der Waals surface area (Å²) in [6, 6.07) is 19.4. The van der Waals surface area contributed by atoms with Gasteiger partial charge in [-0.25, -0.2) is 4.98 Å². The molecule has 1 fully saturated rings. The van der Waals surface area contributed by atoms with Crippen LogP contribution in [0.3, 0.4) is 0 Å². The van der Waals surface area contributed by atoms with Crippen LogP contribution in [0.2, 0.25) is 0 Å². The normalized spacial score (nSPS) is 13.6. The molecule has 1 aliphatic heterocycles. The highest BCUT2D eigenvalue weighted by Crippen LogP contribution is 2.23. The van der Waals surface area contributed by atoms with E-state index in [1.807, 2.05) is 25.1 Å². The standard InChI is InChI=1S/C24H27N5O3/c1-18-16-23(32-17-22(30)26-20-10-6-7-11-21(20)31-2)27-24(25-18)29-14-12-28(13-15-29)19-8-4-3-5-9-19/h3-11,16H,12-15,17H2,1-2H3,(H,26,30). The van der Waals surface area contributed by atoms with E-state index >= 15 is 0 Å². The van der Waals surface area contributed by atoms with Gasteiger partial charge in [0.15, 0.2) is 6.61 Å². The van der Waals surface area contributed by atoms with Crippen molar-refractivity contribution in [2.24, 2.45) is 0 Å². The third-order valence-corrected chi connectivity index (χ3v) is 5.23. The van der Waals surface area contributed by atoms with Gasteiger partial charge in [0.05, 0.1) is 12.8 Å². The zero-order valence-corrected chi connectivity index (χ0v) is 18.3. The molecule has 1 aliphatic rings. The van der Waals surface area contributed by atoms with Gasteiger partial charge in [0.1, 0.15) is 5.75 Å². The summed E-state index contributed by atoms with van der Waals surface area (Å²) >= 11 is 0. The van der Waals surface area contributed by atoms with Crippen LogP contribution >= 0.6 is 0 Å². The van der Waals surface area contributed by atoms with Gasteiger partial charge in [0.2, 0.25) is 11.8 Å². The molecule has 8 heteroatoms. The van der Waals surface area contributed by atoms with Crippen molar-refractivity contribution >= 4 is 23.2 Å². The summed E-state index contributed by atoms with van der Waals surface area (Å²) in [4.78, 5) is 26.0. The zero-order chi connectivity index (χ0) is 22.3. The molecule has 1 N–H and O–H groups in total. The number of amides is 1. The lowest BCUT2D eigenvalue weighted by molar-refractivity contribution is -0.118. The average molecular weight is 434 g/mol. The highest BCUT2D eigenvalue weighted by molar-refractivity contribution is 5.93. The van der Waals surface area contributed by atoms with Crippen LogP contribution in [-0.4, -0.2) is 55.8 Å². The molecule has 3 aromatic rings. The molecule has 32 heavy (non-hydrogen) atoms. The predicted molar refractivity (Wildman–Crippen MR) is 125 cm³/mol. The molecule has 2 heterocycles. The Labute approximate surface area is 187 Å². The fourth-order valence-corrected chi connectivity index (χ4v) is 3.62. The molecule has 0 unspecified atom stereocenters. The molecule has 0 saturated carbocycles. The van der Waals surface area contributed by atoms with Crippen LogP contribution in [0, 0.1) is 6.92 Å². The van der Waals surface area contributed by atoms with Crippen molar-refractivity contribution in [3.63, 3.8) is 0 Å². The lowest BCUT2D eigenvalue weighted by Gasteiger charge is -2.36. The van der Waals surface area contributed by atoms with E-state index in [-0.39, 0.29) is 12.5 Å². The van der Waals surface area contributed by atoms with Gasteiger partial charge < -0.3 is 24.6 Å². The number of piperazine rings is 1. The van der Waals surface area contributed by atoms with E-state index in [2.05, 4.69) is 49.4 Å². The summed E-state index contributed by atoms with van der Waals surface area (Å²) in [5, 5.41) is 2.80. The molecule has 1 aromatic heterocycles. The lowest BCUT2D eigenvalue weighted by Crippen LogP contribution is -2.47. The van der Waals surface area contributed by atoms with Crippen LogP contribution in [0.15, 0.2) is 60.7 Å². The number of hydrogen-bond acceptors (Lipinski definition) is 7. The third-order valence-electron chi connectivity index (χ3n) is 5.23. The maximum atomic E-state index is 12.3. The first-order valence-corrected chi connectivity index (χ1v) is 10.6. The van der Waals surface area contributed by atoms with Crippen molar-refractivity contribution in [3.8, 4) is 11.6 Å². The van der Waals surface area contributed by atoms with Crippen LogP contribution in [-0.2, 0) is 4.79 Å². The number of nitrogens with one attached hydrogen (secondary N) is 1. The van der Waals surface area contributed by atoms with Crippen molar-refractivity contribution < 1.29 is 14.3 Å². The Kier molecular flexibility index (Phi) is 6.69. The second-order valence-electron chi connectivity index (χ2n) is 7.49. The molecular weight excluding hydrogens is 406 g/mol. The summed E-state index contributed by atoms with van der Waals surface area (Å²) in [6.45, 7) is 5.14. The molecule has 166 valence electrons. The maximum Gasteiger partial charge on any atom is 0.262 e. The van der Waals surface area contributed by atoms with E-state index in [0.717, 1.165) is 31.9 Å². The SMILES string of the molecule is COc1ccccc1NC(=O)COc1cc(C)nc(N2CCN(c3ccccc3)CC2)n1. The number of aromatic nitrogens is 2. The number of aryl methyl sites for hydroxylation is 1. The number of carbonyl (C=O) groups is 1. The van der Waals surface area contributed by atoms with Gasteiger partial charge in [0, 0.05) is 43.6 Å². The van der Waals surface area contributed by atoms with Crippen molar-refractivity contribution in [1.82, 2.24) is 9.97 Å². The molecule has 0 radical (unpaired) electrons. The fraction of sp³-hybridized carbons (Fsp3) is 0.292. The number of benzene rings is 2. The Bertz CT molecular complexity index is 1050. The van der Waals surface area contributed by atoms with Crippen LogP contribution in [0.25, 0.3) is 0 Å². The number of nitrogens with zero attached hydrogens (tertiary/aromatic N) is 4. The smallest absolute Gasteiger partial charge is 0.262 e. The van der Waals surface area contributed by atoms with E-state index in [0.29, 0.717) is 23.3 Å². The Hall–Kier alpha value is -3.81.